The van der Waals surface area contributed by atoms with Gasteiger partial charge >= 0.3 is 0 Å². The second kappa shape index (κ2) is 6.25. The molecule has 0 heterocycles. The average Bonchev–Trinajstić information content (AvgIpc) is 2.41. The van der Waals surface area contributed by atoms with Crippen LogP contribution in [0, 0.1) is 0 Å². The molecule has 1 heteroatoms. The molecule has 0 aromatic heterocycles. The van der Waals surface area contributed by atoms with Crippen LogP contribution in [0.5, 0.6) is 11.5 Å². The second-order valence-electron chi connectivity index (χ2n) is 4.45. The molecule has 0 aliphatic rings. The van der Waals surface area contributed by atoms with Crippen LogP contribution in [0.1, 0.15) is 31.4 Å². The summed E-state index contributed by atoms with van der Waals surface area (Å²) in [6.45, 7) is 4.41. The summed E-state index contributed by atoms with van der Waals surface area (Å²) in [6, 6.07) is 16.4. The Morgan fingerprint density at radius 3 is 2.28 bits per heavy atom. The first-order chi connectivity index (χ1) is 8.83. The van der Waals surface area contributed by atoms with Gasteiger partial charge in [-0.2, -0.15) is 0 Å². The molecule has 0 bridgehead atoms. The van der Waals surface area contributed by atoms with Gasteiger partial charge in [0.2, 0.25) is 0 Å². The van der Waals surface area contributed by atoms with Crippen LogP contribution in [0.15, 0.2) is 48.5 Å². The summed E-state index contributed by atoms with van der Waals surface area (Å²) < 4.78 is 5.86. The summed E-state index contributed by atoms with van der Waals surface area (Å²) in [7, 11) is 0. The molecule has 0 saturated heterocycles. The van der Waals surface area contributed by atoms with E-state index in [1.165, 1.54) is 17.5 Å². The molecule has 18 heavy (non-hydrogen) atoms. The molecule has 0 saturated carbocycles. The van der Waals surface area contributed by atoms with E-state index >= 15 is 0 Å². The van der Waals surface area contributed by atoms with E-state index in [-0.39, 0.29) is 0 Å². The molecule has 0 unspecified atom stereocenters. The van der Waals surface area contributed by atoms with E-state index in [0.29, 0.717) is 0 Å². The van der Waals surface area contributed by atoms with Crippen LogP contribution in [0.3, 0.4) is 0 Å². The fraction of sp³-hybridized carbons (Fsp3) is 0.294. The first-order valence-corrected chi connectivity index (χ1v) is 6.68. The van der Waals surface area contributed by atoms with Crippen molar-refractivity contribution in [1.82, 2.24) is 0 Å². The van der Waals surface area contributed by atoms with Crippen LogP contribution >= 0.6 is 0 Å². The van der Waals surface area contributed by atoms with Gasteiger partial charge in [0.05, 0.1) is 0 Å². The van der Waals surface area contributed by atoms with Gasteiger partial charge in [-0.25, -0.2) is 0 Å². The van der Waals surface area contributed by atoms with Crippen molar-refractivity contribution in [3.63, 3.8) is 0 Å². The lowest BCUT2D eigenvalue weighted by molar-refractivity contribution is 0.481. The third-order valence-electron chi connectivity index (χ3n) is 3.06. The van der Waals surface area contributed by atoms with Gasteiger partial charge in [-0.1, -0.05) is 44.5 Å². The van der Waals surface area contributed by atoms with Crippen LogP contribution in [-0.4, -0.2) is 0 Å². The van der Waals surface area contributed by atoms with Crippen molar-refractivity contribution >= 4 is 0 Å². The SMILES string of the molecule is CCCc1cc(Oc2ccccc2)ccc1CC. The van der Waals surface area contributed by atoms with Crippen LogP contribution in [-0.2, 0) is 12.8 Å². The van der Waals surface area contributed by atoms with Gasteiger partial charge in [-0.3, -0.25) is 0 Å². The van der Waals surface area contributed by atoms with Gasteiger partial charge in [0.15, 0.2) is 0 Å². The van der Waals surface area contributed by atoms with Crippen molar-refractivity contribution in [1.29, 1.82) is 0 Å². The Labute approximate surface area is 109 Å². The monoisotopic (exact) mass is 240 g/mol. The highest BCUT2D eigenvalue weighted by Crippen LogP contribution is 2.24. The fourth-order valence-electron chi connectivity index (χ4n) is 2.14. The number of ether oxygens (including phenoxy) is 1. The molecule has 0 aliphatic carbocycles. The zero-order valence-electron chi connectivity index (χ0n) is 11.1. The third kappa shape index (κ3) is 3.13. The quantitative estimate of drug-likeness (QED) is 0.715. The lowest BCUT2D eigenvalue weighted by atomic mass is 10.0. The molecule has 0 aliphatic heterocycles. The number of rotatable bonds is 5. The van der Waals surface area contributed by atoms with E-state index in [9.17, 15) is 0 Å². The summed E-state index contributed by atoms with van der Waals surface area (Å²) in [5.74, 6) is 1.83. The molecular weight excluding hydrogens is 220 g/mol. The van der Waals surface area contributed by atoms with Crippen LogP contribution in [0.25, 0.3) is 0 Å². The Hall–Kier alpha value is -1.76. The largest absolute Gasteiger partial charge is 0.457 e. The number of hydrogen-bond acceptors (Lipinski definition) is 1. The Balaban J connectivity index is 2.21. The zero-order valence-corrected chi connectivity index (χ0v) is 11.1. The predicted molar refractivity (Wildman–Crippen MR) is 76.3 cm³/mol. The van der Waals surface area contributed by atoms with Crippen molar-refractivity contribution in [2.75, 3.05) is 0 Å². The predicted octanol–water partition coefficient (Wildman–Crippen LogP) is 4.99. The summed E-state index contributed by atoms with van der Waals surface area (Å²) in [6.07, 6.45) is 3.37. The van der Waals surface area contributed by atoms with Crippen molar-refractivity contribution in [2.45, 2.75) is 33.1 Å². The van der Waals surface area contributed by atoms with Crippen molar-refractivity contribution in [3.8, 4) is 11.5 Å². The summed E-state index contributed by atoms with van der Waals surface area (Å²) >= 11 is 0. The molecule has 2 aromatic rings. The molecule has 0 atom stereocenters. The van der Waals surface area contributed by atoms with Gasteiger partial charge in [0.25, 0.3) is 0 Å². The molecule has 2 rings (SSSR count). The molecule has 0 spiro atoms. The molecule has 0 radical (unpaired) electrons. The summed E-state index contributed by atoms with van der Waals surface area (Å²) in [5.41, 5.74) is 2.84. The number of hydrogen-bond donors (Lipinski definition) is 0. The maximum Gasteiger partial charge on any atom is 0.127 e. The molecule has 1 nitrogen and oxygen atoms in total. The van der Waals surface area contributed by atoms with Crippen molar-refractivity contribution < 1.29 is 4.74 Å². The van der Waals surface area contributed by atoms with Gasteiger partial charge < -0.3 is 4.74 Å². The molecule has 0 N–H and O–H groups in total. The minimum Gasteiger partial charge on any atom is -0.457 e. The lowest BCUT2D eigenvalue weighted by Gasteiger charge is -2.11. The summed E-state index contributed by atoms with van der Waals surface area (Å²) in [4.78, 5) is 0. The standard InChI is InChI=1S/C17H20O/c1-3-8-15-13-17(12-11-14(15)4-2)18-16-9-6-5-7-10-16/h5-7,9-13H,3-4,8H2,1-2H3. The van der Waals surface area contributed by atoms with Gasteiger partial charge in [0, 0.05) is 0 Å². The van der Waals surface area contributed by atoms with Gasteiger partial charge in [0.1, 0.15) is 11.5 Å². The number of para-hydroxylation sites is 1. The van der Waals surface area contributed by atoms with E-state index in [4.69, 9.17) is 4.74 Å². The van der Waals surface area contributed by atoms with E-state index < -0.39 is 0 Å². The highest BCUT2D eigenvalue weighted by atomic mass is 16.5. The van der Waals surface area contributed by atoms with E-state index in [1.54, 1.807) is 0 Å². The van der Waals surface area contributed by atoms with Crippen LogP contribution in [0.2, 0.25) is 0 Å². The van der Waals surface area contributed by atoms with Crippen LogP contribution in [0.4, 0.5) is 0 Å². The first-order valence-electron chi connectivity index (χ1n) is 6.68. The van der Waals surface area contributed by atoms with Crippen LogP contribution < -0.4 is 4.74 Å². The third-order valence-corrected chi connectivity index (χ3v) is 3.06. The van der Waals surface area contributed by atoms with E-state index in [1.807, 2.05) is 30.3 Å². The normalized spacial score (nSPS) is 10.3. The van der Waals surface area contributed by atoms with E-state index in [0.717, 1.165) is 24.3 Å². The fourth-order valence-corrected chi connectivity index (χ4v) is 2.14. The molecule has 2 aromatic carbocycles. The average molecular weight is 240 g/mol. The Kier molecular flexibility index (Phi) is 4.40. The highest BCUT2D eigenvalue weighted by Gasteiger charge is 2.03. The van der Waals surface area contributed by atoms with Gasteiger partial charge in [-0.05, 0) is 48.2 Å². The molecule has 0 amide bonds. The minimum atomic E-state index is 0.893. The topological polar surface area (TPSA) is 9.23 Å². The Bertz CT molecular complexity index is 488. The maximum absolute atomic E-state index is 5.86. The zero-order chi connectivity index (χ0) is 12.8. The van der Waals surface area contributed by atoms with Crippen molar-refractivity contribution in [2.24, 2.45) is 0 Å². The molecule has 94 valence electrons. The number of benzene rings is 2. The first kappa shape index (κ1) is 12.7. The Morgan fingerprint density at radius 2 is 1.61 bits per heavy atom. The molecular formula is C17H20O. The second-order valence-corrected chi connectivity index (χ2v) is 4.45. The maximum atomic E-state index is 5.86. The smallest absolute Gasteiger partial charge is 0.127 e. The minimum absolute atomic E-state index is 0.893. The number of aryl methyl sites for hydroxylation is 2. The van der Waals surface area contributed by atoms with E-state index in [2.05, 4.69) is 32.0 Å². The van der Waals surface area contributed by atoms with Crippen molar-refractivity contribution in [3.05, 3.63) is 59.7 Å². The Morgan fingerprint density at radius 1 is 0.833 bits per heavy atom. The van der Waals surface area contributed by atoms with Gasteiger partial charge in [-0.15, -0.1) is 0 Å². The molecule has 0 fully saturated rings. The summed E-state index contributed by atoms with van der Waals surface area (Å²) in [5, 5.41) is 0. The highest BCUT2D eigenvalue weighted by molar-refractivity contribution is 5.38. The lowest BCUT2D eigenvalue weighted by Crippen LogP contribution is -1.94.